The molecule has 0 saturated carbocycles. The molecule has 1 atom stereocenters. The zero-order valence-corrected chi connectivity index (χ0v) is 17.4. The second kappa shape index (κ2) is 10.2. The molecule has 0 spiro atoms. The highest BCUT2D eigenvalue weighted by atomic mass is 32.2. The number of sulfonamides is 1. The molecular formula is C22H32N2O3S. The average molecular weight is 405 g/mol. The Morgan fingerprint density at radius 3 is 2.71 bits per heavy atom. The van der Waals surface area contributed by atoms with Gasteiger partial charge in [0.05, 0.1) is 11.7 Å². The first-order valence-electron chi connectivity index (χ1n) is 10.5. The van der Waals surface area contributed by atoms with Crippen LogP contribution in [0.1, 0.15) is 50.5 Å². The number of piperidine rings is 1. The van der Waals surface area contributed by atoms with Gasteiger partial charge in [-0.15, -0.1) is 0 Å². The standard InChI is InChI=1S/C22H32N2O3S/c25-22(23-17-20-11-5-2-6-12-20)21-14-7-15-24(18-21)28(26,27)16-8-13-19-9-3-1-4-10-19/h1,3-4,9-11,21H,2,5-8,12-18H2,(H,23,25)/t21-/m1/s1. The highest BCUT2D eigenvalue weighted by Crippen LogP contribution is 2.21. The number of aryl methyl sites for hydroxylation is 1. The van der Waals surface area contributed by atoms with Gasteiger partial charge in [0.15, 0.2) is 0 Å². The molecule has 1 heterocycles. The van der Waals surface area contributed by atoms with Crippen LogP contribution < -0.4 is 5.32 Å². The molecule has 5 nitrogen and oxygen atoms in total. The summed E-state index contributed by atoms with van der Waals surface area (Å²) in [5.41, 5.74) is 2.46. The van der Waals surface area contributed by atoms with E-state index in [1.807, 2.05) is 30.3 Å². The van der Waals surface area contributed by atoms with Crippen molar-refractivity contribution in [1.82, 2.24) is 9.62 Å². The van der Waals surface area contributed by atoms with Crippen molar-refractivity contribution >= 4 is 15.9 Å². The van der Waals surface area contributed by atoms with Crippen LogP contribution in [0, 0.1) is 5.92 Å². The maximum atomic E-state index is 12.7. The lowest BCUT2D eigenvalue weighted by molar-refractivity contribution is -0.125. The SMILES string of the molecule is O=C(NCC1=CCCCC1)[C@@H]1CCCN(S(=O)(=O)CCCc2ccccc2)C1. The lowest BCUT2D eigenvalue weighted by Crippen LogP contribution is -2.46. The molecule has 1 saturated heterocycles. The molecule has 3 rings (SSSR count). The largest absolute Gasteiger partial charge is 0.352 e. The fourth-order valence-corrected chi connectivity index (χ4v) is 5.63. The van der Waals surface area contributed by atoms with Crippen molar-refractivity contribution in [2.75, 3.05) is 25.4 Å². The summed E-state index contributed by atoms with van der Waals surface area (Å²) in [5.74, 6) is -0.0964. The van der Waals surface area contributed by atoms with E-state index < -0.39 is 10.0 Å². The first-order valence-corrected chi connectivity index (χ1v) is 12.1. The Morgan fingerprint density at radius 1 is 1.14 bits per heavy atom. The van der Waals surface area contributed by atoms with Crippen LogP contribution in [0.5, 0.6) is 0 Å². The Hall–Kier alpha value is -1.66. The van der Waals surface area contributed by atoms with E-state index in [-0.39, 0.29) is 17.6 Å². The van der Waals surface area contributed by atoms with Gasteiger partial charge in [-0.2, -0.15) is 0 Å². The molecule has 1 N–H and O–H groups in total. The van der Waals surface area contributed by atoms with Crippen molar-refractivity contribution < 1.29 is 13.2 Å². The Labute approximate surface area is 169 Å². The maximum Gasteiger partial charge on any atom is 0.224 e. The predicted octanol–water partition coefficient (Wildman–Crippen LogP) is 3.28. The molecule has 1 amide bonds. The van der Waals surface area contributed by atoms with Crippen molar-refractivity contribution in [3.8, 4) is 0 Å². The van der Waals surface area contributed by atoms with E-state index in [9.17, 15) is 13.2 Å². The number of carbonyl (C=O) groups is 1. The van der Waals surface area contributed by atoms with Crippen LogP contribution in [0.4, 0.5) is 0 Å². The zero-order chi connectivity index (χ0) is 19.8. The molecule has 1 aromatic rings. The minimum atomic E-state index is -3.31. The Morgan fingerprint density at radius 2 is 1.96 bits per heavy atom. The summed E-state index contributed by atoms with van der Waals surface area (Å²) in [6.07, 6.45) is 9.70. The van der Waals surface area contributed by atoms with Crippen LogP contribution in [0.3, 0.4) is 0 Å². The molecule has 0 unspecified atom stereocenters. The fourth-order valence-electron chi connectivity index (χ4n) is 4.05. The number of hydrogen-bond acceptors (Lipinski definition) is 3. The quantitative estimate of drug-likeness (QED) is 0.676. The van der Waals surface area contributed by atoms with E-state index in [1.165, 1.54) is 22.7 Å². The van der Waals surface area contributed by atoms with Gasteiger partial charge in [-0.25, -0.2) is 12.7 Å². The van der Waals surface area contributed by atoms with Crippen LogP contribution >= 0.6 is 0 Å². The smallest absolute Gasteiger partial charge is 0.224 e. The van der Waals surface area contributed by atoms with Gasteiger partial charge < -0.3 is 5.32 Å². The molecule has 2 aliphatic rings. The molecule has 28 heavy (non-hydrogen) atoms. The third-order valence-corrected chi connectivity index (χ3v) is 7.66. The van der Waals surface area contributed by atoms with Crippen LogP contribution in [0.15, 0.2) is 42.0 Å². The second-order valence-corrected chi connectivity index (χ2v) is 10.0. The summed E-state index contributed by atoms with van der Waals surface area (Å²) in [5, 5.41) is 3.03. The van der Waals surface area contributed by atoms with Crippen LogP contribution in [0.25, 0.3) is 0 Å². The van der Waals surface area contributed by atoms with Gasteiger partial charge in [-0.05, 0) is 56.9 Å². The van der Waals surface area contributed by atoms with Crippen molar-refractivity contribution in [1.29, 1.82) is 0 Å². The molecule has 0 aromatic heterocycles. The zero-order valence-electron chi connectivity index (χ0n) is 16.6. The average Bonchev–Trinajstić information content (AvgIpc) is 2.73. The number of amides is 1. The van der Waals surface area contributed by atoms with Crippen molar-refractivity contribution in [2.24, 2.45) is 5.92 Å². The number of allylic oxidation sites excluding steroid dienone is 1. The van der Waals surface area contributed by atoms with Gasteiger partial charge in [0, 0.05) is 19.6 Å². The lowest BCUT2D eigenvalue weighted by atomic mass is 9.97. The van der Waals surface area contributed by atoms with Gasteiger partial charge in [0.25, 0.3) is 0 Å². The van der Waals surface area contributed by atoms with Gasteiger partial charge in [0.1, 0.15) is 0 Å². The number of hydrogen-bond donors (Lipinski definition) is 1. The summed E-state index contributed by atoms with van der Waals surface area (Å²) in [7, 11) is -3.31. The molecule has 6 heteroatoms. The van der Waals surface area contributed by atoms with Crippen molar-refractivity contribution in [2.45, 2.75) is 51.4 Å². The number of benzene rings is 1. The first-order chi connectivity index (χ1) is 13.5. The van der Waals surface area contributed by atoms with E-state index in [1.54, 1.807) is 0 Å². The summed E-state index contributed by atoms with van der Waals surface area (Å²) < 4.78 is 27.0. The van der Waals surface area contributed by atoms with Crippen LogP contribution in [-0.2, 0) is 21.2 Å². The maximum absolute atomic E-state index is 12.7. The topological polar surface area (TPSA) is 66.5 Å². The molecule has 1 aromatic carbocycles. The van der Waals surface area contributed by atoms with Gasteiger partial charge in [-0.1, -0.05) is 42.0 Å². The molecule has 1 aliphatic carbocycles. The summed E-state index contributed by atoms with van der Waals surface area (Å²) in [6, 6.07) is 9.96. The number of nitrogens with one attached hydrogen (secondary N) is 1. The second-order valence-electron chi connectivity index (χ2n) is 7.93. The Bertz CT molecular complexity index is 774. The summed E-state index contributed by atoms with van der Waals surface area (Å²) in [6.45, 7) is 1.46. The monoisotopic (exact) mass is 404 g/mol. The van der Waals surface area contributed by atoms with E-state index >= 15 is 0 Å². The van der Waals surface area contributed by atoms with Crippen molar-refractivity contribution in [3.63, 3.8) is 0 Å². The van der Waals surface area contributed by atoms with Gasteiger partial charge in [-0.3, -0.25) is 4.79 Å². The van der Waals surface area contributed by atoms with Crippen LogP contribution in [-0.4, -0.2) is 44.0 Å². The molecule has 1 aliphatic heterocycles. The normalized spacial score (nSPS) is 21.1. The number of nitrogens with zero attached hydrogens (tertiary/aromatic N) is 1. The number of carbonyl (C=O) groups excluding carboxylic acids is 1. The predicted molar refractivity (Wildman–Crippen MR) is 112 cm³/mol. The molecule has 0 bridgehead atoms. The van der Waals surface area contributed by atoms with E-state index in [0.29, 0.717) is 26.1 Å². The molecular weight excluding hydrogens is 372 g/mol. The van der Waals surface area contributed by atoms with Crippen LogP contribution in [0.2, 0.25) is 0 Å². The number of rotatable bonds is 8. The fraction of sp³-hybridized carbons (Fsp3) is 0.591. The molecule has 0 radical (unpaired) electrons. The van der Waals surface area contributed by atoms with E-state index in [0.717, 1.165) is 37.7 Å². The summed E-state index contributed by atoms with van der Waals surface area (Å²) in [4.78, 5) is 12.6. The highest BCUT2D eigenvalue weighted by molar-refractivity contribution is 7.89. The van der Waals surface area contributed by atoms with Crippen molar-refractivity contribution in [3.05, 3.63) is 47.5 Å². The highest BCUT2D eigenvalue weighted by Gasteiger charge is 2.32. The Balaban J connectivity index is 1.47. The summed E-state index contributed by atoms with van der Waals surface area (Å²) >= 11 is 0. The minimum Gasteiger partial charge on any atom is -0.352 e. The Kier molecular flexibility index (Phi) is 7.68. The third kappa shape index (κ3) is 6.17. The van der Waals surface area contributed by atoms with Gasteiger partial charge in [0.2, 0.25) is 15.9 Å². The van der Waals surface area contributed by atoms with E-state index in [4.69, 9.17) is 0 Å². The van der Waals surface area contributed by atoms with E-state index in [2.05, 4.69) is 11.4 Å². The molecule has 154 valence electrons. The lowest BCUT2D eigenvalue weighted by Gasteiger charge is -2.31. The first kappa shape index (κ1) is 21.1. The third-order valence-electron chi connectivity index (χ3n) is 5.73. The molecule has 1 fully saturated rings. The van der Waals surface area contributed by atoms with Gasteiger partial charge >= 0.3 is 0 Å². The minimum absolute atomic E-state index is 0.00402.